The number of hydrogen-bond donors (Lipinski definition) is 2. The van der Waals surface area contributed by atoms with Gasteiger partial charge in [0.05, 0.1) is 17.0 Å². The molecule has 1 aliphatic rings. The number of benzene rings is 1. The van der Waals surface area contributed by atoms with E-state index < -0.39 is 10.0 Å². The number of rotatable bonds is 5. The van der Waals surface area contributed by atoms with Gasteiger partial charge < -0.3 is 10.1 Å². The average Bonchev–Trinajstić information content (AvgIpc) is 2.92. The van der Waals surface area contributed by atoms with E-state index in [2.05, 4.69) is 26.0 Å². The van der Waals surface area contributed by atoms with E-state index in [0.717, 1.165) is 19.4 Å². The van der Waals surface area contributed by atoms with Crippen LogP contribution in [0.5, 0.6) is 5.75 Å². The molecule has 112 valence electrons. The van der Waals surface area contributed by atoms with Crippen molar-refractivity contribution in [1.82, 2.24) is 10.0 Å². The summed E-state index contributed by atoms with van der Waals surface area (Å²) in [7, 11) is -2.12. The number of methoxy groups -OCH3 is 1. The molecule has 0 saturated carbocycles. The van der Waals surface area contributed by atoms with Crippen molar-refractivity contribution >= 4 is 37.6 Å². The Morgan fingerprint density at radius 1 is 1.55 bits per heavy atom. The van der Waals surface area contributed by atoms with E-state index in [9.17, 15) is 8.42 Å². The van der Waals surface area contributed by atoms with Crippen LogP contribution < -0.4 is 14.8 Å². The van der Waals surface area contributed by atoms with Crippen LogP contribution in [0.1, 0.15) is 12.8 Å². The van der Waals surface area contributed by atoms with Gasteiger partial charge in [0, 0.05) is 17.1 Å². The van der Waals surface area contributed by atoms with Gasteiger partial charge in [-0.3, -0.25) is 0 Å². The van der Waals surface area contributed by atoms with Crippen LogP contribution in [-0.2, 0) is 10.0 Å². The summed E-state index contributed by atoms with van der Waals surface area (Å²) in [4.78, 5) is 0.112. The van der Waals surface area contributed by atoms with Crippen molar-refractivity contribution in [3.05, 3.63) is 21.6 Å². The molecule has 0 bridgehead atoms. The van der Waals surface area contributed by atoms with Crippen molar-refractivity contribution in [1.29, 1.82) is 0 Å². The summed E-state index contributed by atoms with van der Waals surface area (Å²) in [5.74, 6) is 0.426. The van der Waals surface area contributed by atoms with Gasteiger partial charge in [0.2, 0.25) is 10.0 Å². The van der Waals surface area contributed by atoms with Crippen LogP contribution in [0.15, 0.2) is 21.5 Å². The van der Waals surface area contributed by atoms with E-state index >= 15 is 0 Å². The third-order valence-electron chi connectivity index (χ3n) is 3.18. The summed E-state index contributed by atoms with van der Waals surface area (Å²) in [6, 6.07) is 3.12. The average molecular weight is 384 g/mol. The lowest BCUT2D eigenvalue weighted by Crippen LogP contribution is -2.37. The van der Waals surface area contributed by atoms with Crippen molar-refractivity contribution < 1.29 is 13.2 Å². The molecule has 2 N–H and O–H groups in total. The molecular weight excluding hydrogens is 368 g/mol. The molecule has 0 radical (unpaired) electrons. The molecule has 0 spiro atoms. The maximum absolute atomic E-state index is 12.3. The van der Waals surface area contributed by atoms with Gasteiger partial charge in [-0.2, -0.15) is 0 Å². The van der Waals surface area contributed by atoms with Crippen molar-refractivity contribution in [2.45, 2.75) is 23.8 Å². The van der Waals surface area contributed by atoms with Crippen molar-refractivity contribution in [3.63, 3.8) is 0 Å². The highest BCUT2D eigenvalue weighted by Crippen LogP contribution is 2.33. The first-order chi connectivity index (χ1) is 9.44. The van der Waals surface area contributed by atoms with Gasteiger partial charge >= 0.3 is 0 Å². The third kappa shape index (κ3) is 3.65. The van der Waals surface area contributed by atoms with Gasteiger partial charge in [-0.1, -0.05) is 11.6 Å². The summed E-state index contributed by atoms with van der Waals surface area (Å²) in [5, 5.41) is 3.50. The van der Waals surface area contributed by atoms with Crippen molar-refractivity contribution in [2.24, 2.45) is 0 Å². The molecule has 1 saturated heterocycles. The Kier molecular flexibility index (Phi) is 5.30. The Balaban J connectivity index is 2.18. The van der Waals surface area contributed by atoms with Crippen LogP contribution >= 0.6 is 27.5 Å². The molecule has 1 unspecified atom stereocenters. The minimum atomic E-state index is -3.60. The third-order valence-corrected chi connectivity index (χ3v) is 5.86. The van der Waals surface area contributed by atoms with E-state index in [1.165, 1.54) is 13.2 Å². The van der Waals surface area contributed by atoms with E-state index in [4.69, 9.17) is 16.3 Å². The lowest BCUT2D eigenvalue weighted by molar-refractivity contribution is 0.414. The zero-order valence-electron chi connectivity index (χ0n) is 10.9. The van der Waals surface area contributed by atoms with Crippen molar-refractivity contribution in [2.75, 3.05) is 20.2 Å². The summed E-state index contributed by atoms with van der Waals surface area (Å²) in [6.07, 6.45) is 2.05. The van der Waals surface area contributed by atoms with Gasteiger partial charge in [0.15, 0.2) is 0 Å². The molecule has 2 rings (SSSR count). The molecule has 1 aromatic rings. The van der Waals surface area contributed by atoms with Gasteiger partial charge in [-0.05, 0) is 47.4 Å². The molecule has 0 aromatic heterocycles. The normalized spacial score (nSPS) is 19.2. The fourth-order valence-corrected chi connectivity index (χ4v) is 4.52. The molecule has 5 nitrogen and oxygen atoms in total. The minimum Gasteiger partial charge on any atom is -0.495 e. The number of halogens is 2. The fraction of sp³-hybridized carbons (Fsp3) is 0.500. The number of sulfonamides is 1. The second-order valence-corrected chi connectivity index (χ2v) is 7.56. The maximum atomic E-state index is 12.3. The predicted molar refractivity (Wildman–Crippen MR) is 81.9 cm³/mol. The summed E-state index contributed by atoms with van der Waals surface area (Å²) < 4.78 is 32.7. The summed E-state index contributed by atoms with van der Waals surface area (Å²) >= 11 is 9.22. The molecule has 0 amide bonds. The highest BCUT2D eigenvalue weighted by atomic mass is 79.9. The largest absolute Gasteiger partial charge is 0.495 e. The van der Waals surface area contributed by atoms with Crippen LogP contribution in [0, 0.1) is 0 Å². The van der Waals surface area contributed by atoms with E-state index in [0.29, 0.717) is 16.8 Å². The second-order valence-electron chi connectivity index (χ2n) is 4.56. The first-order valence-corrected chi connectivity index (χ1v) is 8.85. The minimum absolute atomic E-state index is 0.112. The van der Waals surface area contributed by atoms with Crippen LogP contribution in [0.25, 0.3) is 0 Å². The van der Waals surface area contributed by atoms with Gasteiger partial charge in [-0.15, -0.1) is 0 Å². The second kappa shape index (κ2) is 6.62. The van der Waals surface area contributed by atoms with Crippen LogP contribution in [-0.4, -0.2) is 34.7 Å². The van der Waals surface area contributed by atoms with Gasteiger partial charge in [0.1, 0.15) is 5.75 Å². The first kappa shape index (κ1) is 16.0. The Labute approximate surface area is 132 Å². The maximum Gasteiger partial charge on any atom is 0.241 e. The Hall–Kier alpha value is -0.340. The zero-order chi connectivity index (χ0) is 14.8. The molecule has 1 atom stereocenters. The molecule has 8 heteroatoms. The van der Waals surface area contributed by atoms with Gasteiger partial charge in [-0.25, -0.2) is 13.1 Å². The Morgan fingerprint density at radius 3 is 2.90 bits per heavy atom. The fourth-order valence-electron chi connectivity index (χ4n) is 2.09. The number of hydrogen-bond acceptors (Lipinski definition) is 4. The smallest absolute Gasteiger partial charge is 0.241 e. The Morgan fingerprint density at radius 2 is 2.30 bits per heavy atom. The monoisotopic (exact) mass is 382 g/mol. The van der Waals surface area contributed by atoms with Crippen LogP contribution in [0.3, 0.4) is 0 Å². The molecule has 20 heavy (non-hydrogen) atoms. The van der Waals surface area contributed by atoms with Gasteiger partial charge in [0.25, 0.3) is 0 Å². The highest BCUT2D eigenvalue weighted by molar-refractivity contribution is 9.10. The van der Waals surface area contributed by atoms with Crippen LogP contribution in [0.4, 0.5) is 0 Å². The molecular formula is C12H16BrClN2O3S. The molecule has 0 aliphatic carbocycles. The quantitative estimate of drug-likeness (QED) is 0.817. The molecule has 1 heterocycles. The summed E-state index contributed by atoms with van der Waals surface area (Å²) in [6.45, 7) is 1.31. The lowest BCUT2D eigenvalue weighted by Gasteiger charge is -2.14. The number of ether oxygens (including phenoxy) is 1. The SMILES string of the molecule is COc1cc(Br)c(S(=O)(=O)NCC2CCCN2)cc1Cl. The van der Waals surface area contributed by atoms with Crippen LogP contribution in [0.2, 0.25) is 5.02 Å². The first-order valence-electron chi connectivity index (χ1n) is 6.20. The topological polar surface area (TPSA) is 67.4 Å². The lowest BCUT2D eigenvalue weighted by atomic mass is 10.2. The van der Waals surface area contributed by atoms with E-state index in [-0.39, 0.29) is 16.0 Å². The number of nitrogens with one attached hydrogen (secondary N) is 2. The summed E-state index contributed by atoms with van der Waals surface area (Å²) in [5.41, 5.74) is 0. The molecule has 1 aliphatic heterocycles. The zero-order valence-corrected chi connectivity index (χ0v) is 14.1. The van der Waals surface area contributed by atoms with Crippen molar-refractivity contribution in [3.8, 4) is 5.75 Å². The highest BCUT2D eigenvalue weighted by Gasteiger charge is 2.22. The molecule has 1 aromatic carbocycles. The standard InChI is InChI=1S/C12H16BrClN2O3S/c1-19-11-5-9(13)12(6-10(11)14)20(17,18)16-7-8-3-2-4-15-8/h5-6,8,15-16H,2-4,7H2,1H3. The Bertz CT molecular complexity index is 589. The molecule has 1 fully saturated rings. The predicted octanol–water partition coefficient (Wildman–Crippen LogP) is 2.14. The van der Waals surface area contributed by atoms with E-state index in [1.807, 2.05) is 0 Å². The van der Waals surface area contributed by atoms with E-state index in [1.54, 1.807) is 6.07 Å².